The second kappa shape index (κ2) is 8.30. The molecule has 3 aromatic rings. The number of ether oxygens (including phenoxy) is 2. The van der Waals surface area contributed by atoms with Gasteiger partial charge in [-0.2, -0.15) is 4.98 Å². The first kappa shape index (κ1) is 21.3. The molecular formula is C20H18FN5O5S. The number of hydrogen-bond acceptors (Lipinski definition) is 9. The van der Waals surface area contributed by atoms with Crippen molar-refractivity contribution in [2.75, 3.05) is 35.9 Å². The number of fused-ring (bicyclic) bond motifs is 1. The van der Waals surface area contributed by atoms with Crippen molar-refractivity contribution in [1.29, 1.82) is 0 Å². The monoisotopic (exact) mass is 459 g/mol. The zero-order valence-corrected chi connectivity index (χ0v) is 17.8. The number of hydrogen-bond donors (Lipinski definition) is 3. The van der Waals surface area contributed by atoms with E-state index in [2.05, 4.69) is 25.9 Å². The van der Waals surface area contributed by atoms with E-state index in [0.717, 1.165) is 6.20 Å². The van der Waals surface area contributed by atoms with Gasteiger partial charge in [0.1, 0.15) is 17.3 Å². The Kier molecular flexibility index (Phi) is 5.53. The summed E-state index contributed by atoms with van der Waals surface area (Å²) in [5, 5.41) is 8.22. The Labute approximate surface area is 182 Å². The normalized spacial score (nSPS) is 14.2. The third-order valence-corrected chi connectivity index (χ3v) is 6.19. The molecule has 0 bridgehead atoms. The molecular weight excluding hydrogens is 441 g/mol. The fraction of sp³-hybridized carbons (Fsp3) is 0.150. The van der Waals surface area contributed by atoms with Crippen LogP contribution in [0, 0.1) is 5.82 Å². The minimum Gasteiger partial charge on any atom is -0.497 e. The van der Waals surface area contributed by atoms with E-state index < -0.39 is 27.3 Å². The highest BCUT2D eigenvalue weighted by molar-refractivity contribution is 7.92. The first-order chi connectivity index (χ1) is 15.3. The number of sulfone groups is 1. The van der Waals surface area contributed by atoms with Gasteiger partial charge < -0.3 is 25.4 Å². The Balaban J connectivity index is 1.61. The average molecular weight is 459 g/mol. The third kappa shape index (κ3) is 4.39. The number of nitrogens with one attached hydrogen (secondary N) is 3. The average Bonchev–Trinajstić information content (AvgIpc) is 2.74. The van der Waals surface area contributed by atoms with Gasteiger partial charge in [0.05, 0.1) is 31.0 Å². The van der Waals surface area contributed by atoms with E-state index >= 15 is 0 Å². The molecule has 4 rings (SSSR count). The quantitative estimate of drug-likeness (QED) is 0.509. The van der Waals surface area contributed by atoms with E-state index in [1.807, 2.05) is 0 Å². The van der Waals surface area contributed by atoms with Crippen molar-refractivity contribution < 1.29 is 27.1 Å². The van der Waals surface area contributed by atoms with Crippen molar-refractivity contribution in [2.24, 2.45) is 0 Å². The topological polar surface area (TPSA) is 132 Å². The fourth-order valence-corrected chi connectivity index (χ4v) is 4.37. The maximum atomic E-state index is 14.3. The molecule has 10 nitrogen and oxygen atoms in total. The molecule has 1 aliphatic heterocycles. The first-order valence-corrected chi connectivity index (χ1v) is 10.9. The zero-order chi connectivity index (χ0) is 22.9. The molecule has 0 aliphatic carbocycles. The van der Waals surface area contributed by atoms with Gasteiger partial charge in [-0.1, -0.05) is 0 Å². The highest BCUT2D eigenvalue weighted by Crippen LogP contribution is 2.31. The van der Waals surface area contributed by atoms with E-state index in [4.69, 9.17) is 9.47 Å². The van der Waals surface area contributed by atoms with Crippen molar-refractivity contribution in [3.05, 3.63) is 48.4 Å². The number of halogens is 1. The molecule has 1 amide bonds. The molecule has 12 heteroatoms. The summed E-state index contributed by atoms with van der Waals surface area (Å²) in [6, 6.07) is 9.26. The molecule has 1 aliphatic rings. The van der Waals surface area contributed by atoms with Crippen molar-refractivity contribution in [2.45, 2.75) is 4.90 Å². The van der Waals surface area contributed by atoms with Crippen LogP contribution in [0.15, 0.2) is 47.5 Å². The van der Waals surface area contributed by atoms with Crippen LogP contribution in [0.25, 0.3) is 0 Å². The van der Waals surface area contributed by atoms with Gasteiger partial charge in [-0.25, -0.2) is 17.8 Å². The highest BCUT2D eigenvalue weighted by atomic mass is 32.2. The second-order valence-electron chi connectivity index (χ2n) is 6.76. The molecule has 0 unspecified atom stereocenters. The molecule has 2 heterocycles. The molecule has 166 valence electrons. The number of carbonyl (C=O) groups is 1. The van der Waals surface area contributed by atoms with Crippen molar-refractivity contribution in [1.82, 2.24) is 9.97 Å². The van der Waals surface area contributed by atoms with Crippen LogP contribution in [0.5, 0.6) is 11.5 Å². The smallest absolute Gasteiger partial charge is 0.239 e. The zero-order valence-electron chi connectivity index (χ0n) is 17.0. The first-order valence-electron chi connectivity index (χ1n) is 9.24. The number of anilines is 5. The molecule has 2 aromatic carbocycles. The largest absolute Gasteiger partial charge is 0.497 e. The van der Waals surface area contributed by atoms with Crippen molar-refractivity contribution in [3.63, 3.8) is 0 Å². The molecule has 0 spiro atoms. The fourth-order valence-electron chi connectivity index (χ4n) is 3.07. The third-order valence-electron chi connectivity index (χ3n) is 4.52. The van der Waals surface area contributed by atoms with E-state index in [0.29, 0.717) is 22.9 Å². The summed E-state index contributed by atoms with van der Waals surface area (Å²) in [5.74, 6) is -0.953. The minimum absolute atomic E-state index is 0.000127. The van der Waals surface area contributed by atoms with Gasteiger partial charge in [0.2, 0.25) is 11.9 Å². The van der Waals surface area contributed by atoms with Gasteiger partial charge in [0.25, 0.3) is 0 Å². The summed E-state index contributed by atoms with van der Waals surface area (Å²) in [6.07, 6.45) is 0.986. The Hall–Kier alpha value is -3.93. The molecule has 32 heavy (non-hydrogen) atoms. The van der Waals surface area contributed by atoms with Crippen LogP contribution in [0.4, 0.5) is 33.2 Å². The lowest BCUT2D eigenvalue weighted by atomic mass is 10.2. The maximum absolute atomic E-state index is 14.3. The summed E-state index contributed by atoms with van der Waals surface area (Å²) in [5.41, 5.74) is 0.996. The minimum atomic E-state index is -3.71. The molecule has 3 N–H and O–H groups in total. The molecule has 0 saturated carbocycles. The maximum Gasteiger partial charge on any atom is 0.239 e. The van der Waals surface area contributed by atoms with Crippen LogP contribution in [-0.2, 0) is 14.6 Å². The number of carbonyl (C=O) groups excluding carboxylic acids is 1. The standard InChI is InChI=1S/C20H18FN5O5S/c1-30-13-5-12(6-14(8-13)31-2)24-20-22-9-15(21)19(26-20)23-11-3-4-17-16(7-11)25-18(27)10-32(17,28)29/h3-9H,10H2,1-2H3,(H,25,27)(H2,22,23,24,26). The van der Waals surface area contributed by atoms with E-state index in [9.17, 15) is 17.6 Å². The van der Waals surface area contributed by atoms with Crippen LogP contribution in [0.1, 0.15) is 0 Å². The lowest BCUT2D eigenvalue weighted by Gasteiger charge is -2.18. The summed E-state index contributed by atoms with van der Waals surface area (Å²) in [6.45, 7) is 0. The van der Waals surface area contributed by atoms with Crippen LogP contribution in [0.2, 0.25) is 0 Å². The van der Waals surface area contributed by atoms with Gasteiger partial charge in [0, 0.05) is 29.6 Å². The van der Waals surface area contributed by atoms with Crippen molar-refractivity contribution >= 4 is 44.6 Å². The predicted molar refractivity (Wildman–Crippen MR) is 115 cm³/mol. The lowest BCUT2D eigenvalue weighted by Crippen LogP contribution is -2.29. The second-order valence-corrected chi connectivity index (χ2v) is 8.72. The van der Waals surface area contributed by atoms with E-state index in [1.54, 1.807) is 18.2 Å². The molecule has 0 saturated heterocycles. The Morgan fingerprint density at radius 3 is 2.44 bits per heavy atom. The van der Waals surface area contributed by atoms with Crippen LogP contribution >= 0.6 is 0 Å². The van der Waals surface area contributed by atoms with Crippen LogP contribution in [-0.4, -0.2) is 44.3 Å². The van der Waals surface area contributed by atoms with E-state index in [-0.39, 0.29) is 22.3 Å². The van der Waals surface area contributed by atoms with Gasteiger partial charge in [-0.3, -0.25) is 4.79 Å². The van der Waals surface area contributed by atoms with Gasteiger partial charge in [-0.05, 0) is 18.2 Å². The Morgan fingerprint density at radius 2 is 1.75 bits per heavy atom. The Bertz CT molecular complexity index is 1290. The van der Waals surface area contributed by atoms with Gasteiger partial charge in [-0.15, -0.1) is 0 Å². The summed E-state index contributed by atoms with van der Waals surface area (Å²) in [4.78, 5) is 19.7. The Morgan fingerprint density at radius 1 is 1.03 bits per heavy atom. The number of methoxy groups -OCH3 is 2. The van der Waals surface area contributed by atoms with Crippen molar-refractivity contribution in [3.8, 4) is 11.5 Å². The molecule has 0 radical (unpaired) electrons. The number of nitrogens with zero attached hydrogens (tertiary/aromatic N) is 2. The van der Waals surface area contributed by atoms with E-state index in [1.165, 1.54) is 32.4 Å². The number of aromatic nitrogens is 2. The lowest BCUT2D eigenvalue weighted by molar-refractivity contribution is -0.114. The molecule has 0 fully saturated rings. The summed E-state index contributed by atoms with van der Waals surface area (Å²) in [7, 11) is -0.682. The SMILES string of the molecule is COc1cc(Nc2ncc(F)c(Nc3ccc4c(c3)NC(=O)CS4(=O)=O)n2)cc(OC)c1. The number of rotatable bonds is 6. The van der Waals surface area contributed by atoms with Gasteiger partial charge >= 0.3 is 0 Å². The molecule has 0 atom stereocenters. The summed E-state index contributed by atoms with van der Waals surface area (Å²) >= 11 is 0. The van der Waals surface area contributed by atoms with Crippen LogP contribution < -0.4 is 25.4 Å². The number of benzene rings is 2. The predicted octanol–water partition coefficient (Wildman–Crippen LogP) is 2.85. The number of amides is 1. The summed E-state index contributed by atoms with van der Waals surface area (Å²) < 4.78 is 49.0. The van der Waals surface area contributed by atoms with Crippen LogP contribution in [0.3, 0.4) is 0 Å². The highest BCUT2D eigenvalue weighted by Gasteiger charge is 2.28. The molecule has 1 aromatic heterocycles. The van der Waals surface area contributed by atoms with Gasteiger partial charge in [0.15, 0.2) is 21.5 Å².